The molecule has 0 fully saturated rings. The van der Waals surface area contributed by atoms with Crippen molar-refractivity contribution >= 4 is 5.78 Å². The molecule has 25 heavy (non-hydrogen) atoms. The van der Waals surface area contributed by atoms with Crippen LogP contribution in [-0.2, 0) is 9.53 Å². The average Bonchev–Trinajstić information content (AvgIpc) is 3.11. The highest BCUT2D eigenvalue weighted by Gasteiger charge is 2.37. The van der Waals surface area contributed by atoms with Crippen LogP contribution in [0.5, 0.6) is 0 Å². The molecule has 0 radical (unpaired) electrons. The Labute approximate surface area is 146 Å². The van der Waals surface area contributed by atoms with Gasteiger partial charge in [0.05, 0.1) is 11.1 Å². The summed E-state index contributed by atoms with van der Waals surface area (Å²) < 4.78 is 5.70. The van der Waals surface area contributed by atoms with Crippen LogP contribution < -0.4 is 0 Å². The molecule has 2 aromatic rings. The van der Waals surface area contributed by atoms with Crippen LogP contribution in [0.25, 0.3) is 0 Å². The van der Waals surface area contributed by atoms with Crippen LogP contribution in [0.3, 0.4) is 0 Å². The molecule has 4 rings (SSSR count). The predicted octanol–water partition coefficient (Wildman–Crippen LogP) is 3.29. The quantitative estimate of drug-likeness (QED) is 0.549. The first-order valence-electron chi connectivity index (χ1n) is 8.07. The summed E-state index contributed by atoms with van der Waals surface area (Å²) in [6.45, 7) is 0. The molecule has 0 N–H and O–H groups in total. The van der Waals surface area contributed by atoms with E-state index in [-0.39, 0.29) is 11.9 Å². The Balaban J connectivity index is 1.77. The number of ketones is 1. The molecule has 0 aliphatic carbocycles. The van der Waals surface area contributed by atoms with Crippen molar-refractivity contribution in [1.29, 1.82) is 0 Å². The third-order valence-corrected chi connectivity index (χ3v) is 4.03. The van der Waals surface area contributed by atoms with Crippen molar-refractivity contribution in [1.82, 2.24) is 0 Å². The first kappa shape index (κ1) is 15.2. The van der Waals surface area contributed by atoms with E-state index in [9.17, 15) is 4.79 Å². The number of ether oxygens (including phenoxy) is 1. The van der Waals surface area contributed by atoms with Gasteiger partial charge in [0.25, 0.3) is 0 Å². The molecule has 0 unspecified atom stereocenters. The number of carbonyl (C=O) groups excluding carboxylic acids is 1. The van der Waals surface area contributed by atoms with Gasteiger partial charge in [-0.05, 0) is 30.3 Å². The Kier molecular flexibility index (Phi) is 4.05. The van der Waals surface area contributed by atoms with Crippen molar-refractivity contribution in [2.24, 2.45) is 0 Å². The van der Waals surface area contributed by atoms with E-state index in [2.05, 4.69) is 23.7 Å². The number of hydrogen-bond donors (Lipinski definition) is 0. The van der Waals surface area contributed by atoms with Gasteiger partial charge in [0.2, 0.25) is 5.78 Å². The second kappa shape index (κ2) is 6.65. The molecule has 2 nitrogen and oxygen atoms in total. The maximum absolute atomic E-state index is 12.6. The van der Waals surface area contributed by atoms with Crippen molar-refractivity contribution in [2.75, 3.05) is 0 Å². The summed E-state index contributed by atoms with van der Waals surface area (Å²) in [7, 11) is 0. The first-order valence-corrected chi connectivity index (χ1v) is 8.07. The maximum Gasteiger partial charge on any atom is 0.204 e. The van der Waals surface area contributed by atoms with Crippen LogP contribution in [0.4, 0.5) is 0 Å². The third kappa shape index (κ3) is 3.17. The maximum atomic E-state index is 12.6. The third-order valence-electron chi connectivity index (χ3n) is 4.03. The summed E-state index contributed by atoms with van der Waals surface area (Å²) in [5, 5.41) is 0. The van der Waals surface area contributed by atoms with E-state index in [0.717, 1.165) is 11.1 Å². The van der Waals surface area contributed by atoms with E-state index < -0.39 is 6.10 Å². The molecule has 2 heterocycles. The summed E-state index contributed by atoms with van der Waals surface area (Å²) in [5.41, 5.74) is 2.85. The zero-order valence-corrected chi connectivity index (χ0v) is 13.4. The monoisotopic (exact) mass is 322 g/mol. The Bertz CT molecular complexity index is 990. The number of benzene rings is 2. The fourth-order valence-electron chi connectivity index (χ4n) is 2.76. The van der Waals surface area contributed by atoms with E-state index in [1.54, 1.807) is 6.08 Å². The lowest BCUT2D eigenvalue weighted by Gasteiger charge is -2.20. The van der Waals surface area contributed by atoms with Crippen molar-refractivity contribution in [3.8, 4) is 23.7 Å². The van der Waals surface area contributed by atoms with E-state index in [1.807, 2.05) is 66.7 Å². The second-order valence-electron chi connectivity index (χ2n) is 5.75. The summed E-state index contributed by atoms with van der Waals surface area (Å²) in [4.78, 5) is 12.6. The van der Waals surface area contributed by atoms with E-state index in [0.29, 0.717) is 11.1 Å². The molecule has 0 aromatic heterocycles. The highest BCUT2D eigenvalue weighted by atomic mass is 16.5. The normalized spacial score (nSPS) is 20.6. The van der Waals surface area contributed by atoms with Crippen molar-refractivity contribution in [2.45, 2.75) is 12.2 Å². The van der Waals surface area contributed by atoms with Crippen LogP contribution in [0.2, 0.25) is 0 Å². The zero-order valence-electron chi connectivity index (χ0n) is 13.4. The van der Waals surface area contributed by atoms with Crippen LogP contribution >= 0.6 is 0 Å². The number of rotatable bonds is 0. The van der Waals surface area contributed by atoms with Crippen LogP contribution in [0.15, 0.2) is 84.0 Å². The molecule has 0 spiro atoms. The minimum atomic E-state index is -0.535. The fraction of sp³-hybridized carbons (Fsp3) is 0.0870. The topological polar surface area (TPSA) is 26.3 Å². The van der Waals surface area contributed by atoms with Gasteiger partial charge in [-0.1, -0.05) is 66.2 Å². The molecule has 2 aromatic carbocycles. The largest absolute Gasteiger partial charge is 0.353 e. The van der Waals surface area contributed by atoms with Gasteiger partial charge in [-0.2, -0.15) is 0 Å². The van der Waals surface area contributed by atoms with E-state index in [4.69, 9.17) is 4.74 Å². The van der Waals surface area contributed by atoms with Gasteiger partial charge in [0.15, 0.2) is 0 Å². The van der Waals surface area contributed by atoms with Gasteiger partial charge in [0.1, 0.15) is 12.2 Å². The second-order valence-corrected chi connectivity index (χ2v) is 5.75. The van der Waals surface area contributed by atoms with Gasteiger partial charge < -0.3 is 4.74 Å². The van der Waals surface area contributed by atoms with Crippen LogP contribution in [-0.4, -0.2) is 18.0 Å². The molecular weight excluding hydrogens is 308 g/mol. The first-order chi connectivity index (χ1) is 12.3. The molecule has 0 saturated carbocycles. The smallest absolute Gasteiger partial charge is 0.204 e. The fourth-order valence-corrected chi connectivity index (χ4v) is 2.76. The van der Waals surface area contributed by atoms with Crippen molar-refractivity contribution in [3.63, 3.8) is 0 Å². The standard InChI is InChI=1S/C23H14O2/c24-23-20(14-12-18-9-5-2-6-10-18)19(21-15-16-22(23)25-21)13-11-17-7-3-1-4-8-17/h1-10,15-16,21-22H/t21-,22+/m1/s1. The molecule has 118 valence electrons. The van der Waals surface area contributed by atoms with Gasteiger partial charge in [-0.3, -0.25) is 4.79 Å². The Morgan fingerprint density at radius 1 is 0.680 bits per heavy atom. The lowest BCUT2D eigenvalue weighted by molar-refractivity contribution is -0.124. The molecule has 0 amide bonds. The van der Waals surface area contributed by atoms with Gasteiger partial charge in [0, 0.05) is 11.1 Å². The summed E-state index contributed by atoms with van der Waals surface area (Å²) in [6, 6.07) is 19.3. The van der Waals surface area contributed by atoms with E-state index >= 15 is 0 Å². The number of hydrogen-bond acceptors (Lipinski definition) is 2. The molecule has 2 aliphatic rings. The summed E-state index contributed by atoms with van der Waals surface area (Å²) >= 11 is 0. The SMILES string of the molecule is O=C1C(C#Cc2ccccc2)=C(C#Cc2ccccc2)[C@H]2C=C[C@@H]1O2. The number of carbonyl (C=O) groups is 1. The van der Waals surface area contributed by atoms with Crippen LogP contribution in [0.1, 0.15) is 11.1 Å². The average molecular weight is 322 g/mol. The minimum Gasteiger partial charge on any atom is -0.353 e. The van der Waals surface area contributed by atoms with Gasteiger partial charge in [-0.15, -0.1) is 0 Å². The summed E-state index contributed by atoms with van der Waals surface area (Å²) in [6.07, 6.45) is 2.84. The highest BCUT2D eigenvalue weighted by molar-refractivity contribution is 6.07. The lowest BCUT2D eigenvalue weighted by Crippen LogP contribution is -2.31. The Morgan fingerprint density at radius 2 is 1.24 bits per heavy atom. The minimum absolute atomic E-state index is 0.120. The molecule has 2 atom stereocenters. The molecule has 0 saturated heterocycles. The van der Waals surface area contributed by atoms with Crippen LogP contribution in [0, 0.1) is 23.7 Å². The highest BCUT2D eigenvalue weighted by Crippen LogP contribution is 2.29. The van der Waals surface area contributed by atoms with Crippen molar-refractivity contribution < 1.29 is 9.53 Å². The molecule has 2 bridgehead atoms. The number of Topliss-reactive ketones (excluding diaryl/α,β-unsaturated/α-hetero) is 1. The lowest BCUT2D eigenvalue weighted by atomic mass is 9.96. The molecule has 2 heteroatoms. The Morgan fingerprint density at radius 3 is 1.88 bits per heavy atom. The molecule has 2 aliphatic heterocycles. The Hall–Kier alpha value is -3.33. The van der Waals surface area contributed by atoms with Gasteiger partial charge in [-0.25, -0.2) is 0 Å². The molecular formula is C23H14O2. The predicted molar refractivity (Wildman–Crippen MR) is 96.5 cm³/mol. The van der Waals surface area contributed by atoms with E-state index in [1.165, 1.54) is 0 Å². The zero-order chi connectivity index (χ0) is 17.1. The number of fused-ring (bicyclic) bond motifs is 2. The summed E-state index contributed by atoms with van der Waals surface area (Å²) in [5.74, 6) is 12.2. The van der Waals surface area contributed by atoms with Crippen molar-refractivity contribution in [3.05, 3.63) is 95.1 Å². The van der Waals surface area contributed by atoms with Gasteiger partial charge >= 0.3 is 0 Å².